The predicted octanol–water partition coefficient (Wildman–Crippen LogP) is 2.79. The lowest BCUT2D eigenvalue weighted by Gasteiger charge is -2.45. The summed E-state index contributed by atoms with van der Waals surface area (Å²) in [5.74, 6) is 0. The summed E-state index contributed by atoms with van der Waals surface area (Å²) >= 11 is 0. The molecule has 2 nitrogen and oxygen atoms in total. The van der Waals surface area contributed by atoms with E-state index < -0.39 is 0 Å². The Bertz CT molecular complexity index is 381. The second-order valence-electron chi connectivity index (χ2n) is 6.11. The third-order valence-electron chi connectivity index (χ3n) is 4.69. The van der Waals surface area contributed by atoms with Gasteiger partial charge in [-0.2, -0.15) is 0 Å². The zero-order chi connectivity index (χ0) is 12.4. The topological polar surface area (TPSA) is 15.3 Å². The molecular weight excluding hydrogens is 220 g/mol. The molecule has 1 aromatic carbocycles. The highest BCUT2D eigenvalue weighted by Gasteiger charge is 2.39. The van der Waals surface area contributed by atoms with E-state index in [-0.39, 0.29) is 0 Å². The van der Waals surface area contributed by atoms with E-state index in [4.69, 9.17) is 0 Å². The Balaban J connectivity index is 1.70. The van der Waals surface area contributed by atoms with Gasteiger partial charge in [0.25, 0.3) is 0 Å². The number of nitrogens with zero attached hydrogens (tertiary/aromatic N) is 1. The molecular formula is C16H24N2. The van der Waals surface area contributed by atoms with Crippen LogP contribution < -0.4 is 5.32 Å². The van der Waals surface area contributed by atoms with Crippen LogP contribution in [0.1, 0.15) is 38.2 Å². The zero-order valence-corrected chi connectivity index (χ0v) is 11.4. The van der Waals surface area contributed by atoms with Crippen molar-refractivity contribution in [3.8, 4) is 0 Å². The van der Waals surface area contributed by atoms with E-state index in [0.717, 1.165) is 13.1 Å². The molecule has 0 bridgehead atoms. The molecule has 2 heteroatoms. The lowest BCUT2D eigenvalue weighted by atomic mass is 9.92. The summed E-state index contributed by atoms with van der Waals surface area (Å²) in [7, 11) is 0. The highest BCUT2D eigenvalue weighted by molar-refractivity contribution is 5.15. The molecule has 2 aliphatic rings. The number of hydrogen-bond donors (Lipinski definition) is 1. The van der Waals surface area contributed by atoms with Gasteiger partial charge >= 0.3 is 0 Å². The van der Waals surface area contributed by atoms with E-state index >= 15 is 0 Å². The number of nitrogens with one attached hydrogen (secondary N) is 1. The third-order valence-corrected chi connectivity index (χ3v) is 4.69. The van der Waals surface area contributed by atoms with Crippen LogP contribution in [0.4, 0.5) is 0 Å². The molecule has 0 radical (unpaired) electrons. The predicted molar refractivity (Wildman–Crippen MR) is 75.5 cm³/mol. The van der Waals surface area contributed by atoms with Crippen molar-refractivity contribution in [2.24, 2.45) is 0 Å². The second-order valence-corrected chi connectivity index (χ2v) is 6.11. The van der Waals surface area contributed by atoms with E-state index in [2.05, 4.69) is 47.5 Å². The van der Waals surface area contributed by atoms with Crippen molar-refractivity contribution in [1.29, 1.82) is 0 Å². The van der Waals surface area contributed by atoms with Gasteiger partial charge in [-0.05, 0) is 25.3 Å². The fourth-order valence-electron chi connectivity index (χ4n) is 3.51. The van der Waals surface area contributed by atoms with Crippen LogP contribution in [-0.4, -0.2) is 29.6 Å². The monoisotopic (exact) mass is 244 g/mol. The first-order valence-electron chi connectivity index (χ1n) is 7.30. The minimum Gasteiger partial charge on any atom is -0.308 e. The quantitative estimate of drug-likeness (QED) is 0.860. The highest BCUT2D eigenvalue weighted by Crippen LogP contribution is 2.33. The van der Waals surface area contributed by atoms with Gasteiger partial charge in [0.05, 0.1) is 0 Å². The van der Waals surface area contributed by atoms with Gasteiger partial charge in [0, 0.05) is 31.2 Å². The van der Waals surface area contributed by atoms with Crippen molar-refractivity contribution in [2.75, 3.05) is 13.1 Å². The largest absolute Gasteiger partial charge is 0.308 e. The first-order chi connectivity index (χ1) is 8.77. The lowest BCUT2D eigenvalue weighted by Crippen LogP contribution is -2.61. The summed E-state index contributed by atoms with van der Waals surface area (Å²) in [5, 5.41) is 3.82. The van der Waals surface area contributed by atoms with E-state index in [9.17, 15) is 0 Å². The molecule has 1 atom stereocenters. The number of rotatable bonds is 2. The average Bonchev–Trinajstić information content (AvgIpc) is 2.84. The summed E-state index contributed by atoms with van der Waals surface area (Å²) in [6.07, 6.45) is 5.54. The highest BCUT2D eigenvalue weighted by atomic mass is 15.2. The lowest BCUT2D eigenvalue weighted by molar-refractivity contribution is 0.0827. The Morgan fingerprint density at radius 2 is 1.94 bits per heavy atom. The molecule has 0 amide bonds. The Morgan fingerprint density at radius 3 is 2.67 bits per heavy atom. The minimum absolute atomic E-state index is 0.432. The molecule has 1 saturated heterocycles. The van der Waals surface area contributed by atoms with E-state index in [0.29, 0.717) is 11.6 Å². The van der Waals surface area contributed by atoms with Crippen molar-refractivity contribution in [1.82, 2.24) is 10.2 Å². The Morgan fingerprint density at radius 1 is 1.22 bits per heavy atom. The number of hydrogen-bond acceptors (Lipinski definition) is 2. The summed E-state index contributed by atoms with van der Waals surface area (Å²) in [6.45, 7) is 5.82. The van der Waals surface area contributed by atoms with Gasteiger partial charge in [0.2, 0.25) is 0 Å². The summed E-state index contributed by atoms with van der Waals surface area (Å²) in [5.41, 5.74) is 1.88. The van der Waals surface area contributed by atoms with E-state index in [1.807, 2.05) is 0 Å². The summed E-state index contributed by atoms with van der Waals surface area (Å²) in [4.78, 5) is 2.66. The van der Waals surface area contributed by atoms with Gasteiger partial charge in [-0.3, -0.25) is 4.90 Å². The van der Waals surface area contributed by atoms with Crippen molar-refractivity contribution < 1.29 is 0 Å². The Hall–Kier alpha value is -0.860. The first-order valence-corrected chi connectivity index (χ1v) is 7.30. The Kier molecular flexibility index (Phi) is 3.40. The molecule has 1 N–H and O–H groups in total. The summed E-state index contributed by atoms with van der Waals surface area (Å²) < 4.78 is 0. The van der Waals surface area contributed by atoms with Gasteiger partial charge in [0.15, 0.2) is 0 Å². The molecule has 1 aromatic rings. The van der Waals surface area contributed by atoms with Crippen molar-refractivity contribution in [3.05, 3.63) is 35.9 Å². The average molecular weight is 244 g/mol. The van der Waals surface area contributed by atoms with Crippen LogP contribution >= 0.6 is 0 Å². The molecule has 2 fully saturated rings. The zero-order valence-electron chi connectivity index (χ0n) is 11.4. The van der Waals surface area contributed by atoms with Gasteiger partial charge in [-0.15, -0.1) is 0 Å². The fourth-order valence-corrected chi connectivity index (χ4v) is 3.51. The van der Waals surface area contributed by atoms with Gasteiger partial charge in [-0.1, -0.05) is 43.2 Å². The number of piperazine rings is 1. The molecule has 3 rings (SSSR count). The maximum Gasteiger partial charge on any atom is 0.0309 e. The van der Waals surface area contributed by atoms with Gasteiger partial charge in [-0.25, -0.2) is 0 Å². The normalized spacial score (nSPS) is 27.7. The molecule has 1 aliphatic heterocycles. The Labute approximate surface area is 110 Å². The third kappa shape index (κ3) is 2.45. The molecule has 1 unspecified atom stereocenters. The van der Waals surface area contributed by atoms with E-state index in [1.165, 1.54) is 37.8 Å². The molecule has 1 spiro atoms. The molecule has 18 heavy (non-hydrogen) atoms. The van der Waals surface area contributed by atoms with Crippen LogP contribution in [0, 0.1) is 0 Å². The van der Waals surface area contributed by atoms with Crippen LogP contribution in [-0.2, 0) is 6.54 Å². The van der Waals surface area contributed by atoms with Crippen molar-refractivity contribution in [2.45, 2.75) is 50.7 Å². The van der Waals surface area contributed by atoms with Gasteiger partial charge < -0.3 is 5.32 Å². The van der Waals surface area contributed by atoms with Crippen LogP contribution in [0.25, 0.3) is 0 Å². The van der Waals surface area contributed by atoms with Crippen molar-refractivity contribution >= 4 is 0 Å². The van der Waals surface area contributed by atoms with Crippen LogP contribution in [0.15, 0.2) is 30.3 Å². The smallest absolute Gasteiger partial charge is 0.0309 e. The molecule has 1 aliphatic carbocycles. The minimum atomic E-state index is 0.432. The number of benzene rings is 1. The first kappa shape index (κ1) is 12.2. The fraction of sp³-hybridized carbons (Fsp3) is 0.625. The molecule has 1 heterocycles. The molecule has 1 saturated carbocycles. The van der Waals surface area contributed by atoms with Crippen LogP contribution in [0.2, 0.25) is 0 Å². The van der Waals surface area contributed by atoms with Crippen molar-refractivity contribution in [3.63, 3.8) is 0 Å². The molecule has 98 valence electrons. The van der Waals surface area contributed by atoms with Gasteiger partial charge in [0.1, 0.15) is 0 Å². The van der Waals surface area contributed by atoms with Crippen LogP contribution in [0.3, 0.4) is 0 Å². The standard InChI is InChI=1S/C16H24N2/c1-14-11-17-16(9-5-6-10-16)13-18(14)12-15-7-3-2-4-8-15/h2-4,7-8,14,17H,5-6,9-13H2,1H3. The van der Waals surface area contributed by atoms with E-state index in [1.54, 1.807) is 0 Å². The maximum atomic E-state index is 3.82. The second kappa shape index (κ2) is 5.02. The molecule has 0 aromatic heterocycles. The summed E-state index contributed by atoms with van der Waals surface area (Å²) in [6, 6.07) is 11.5. The SMILES string of the molecule is CC1CNC2(CCCC2)CN1Cc1ccccc1. The van der Waals surface area contributed by atoms with Crippen LogP contribution in [0.5, 0.6) is 0 Å². The maximum absolute atomic E-state index is 3.82.